The van der Waals surface area contributed by atoms with Crippen LogP contribution in [0.2, 0.25) is 0 Å². The molecule has 90 valence electrons. The van der Waals surface area contributed by atoms with Crippen LogP contribution in [0.3, 0.4) is 0 Å². The Hall–Kier alpha value is -1.48. The molecule has 0 bridgehead atoms. The number of hydrogen-bond acceptors (Lipinski definition) is 3. The molecule has 0 saturated heterocycles. The van der Waals surface area contributed by atoms with Gasteiger partial charge < -0.3 is 15.1 Å². The highest BCUT2D eigenvalue weighted by atomic mass is 16.3. The Bertz CT molecular complexity index is 528. The van der Waals surface area contributed by atoms with Crippen molar-refractivity contribution in [2.75, 3.05) is 25.0 Å². The quantitative estimate of drug-likeness (QED) is 0.878. The molecule has 2 aromatic rings. The van der Waals surface area contributed by atoms with Gasteiger partial charge in [-0.2, -0.15) is 0 Å². The molecule has 1 saturated carbocycles. The van der Waals surface area contributed by atoms with E-state index in [1.54, 1.807) is 0 Å². The number of nitrogens with two attached hydrogens (primary N) is 1. The van der Waals surface area contributed by atoms with Gasteiger partial charge in [0.1, 0.15) is 11.8 Å². The highest BCUT2D eigenvalue weighted by Crippen LogP contribution is 2.46. The molecule has 1 aliphatic carbocycles. The lowest BCUT2D eigenvalue weighted by Gasteiger charge is -2.23. The third kappa shape index (κ3) is 1.80. The standard InChI is InChI=1S/C14H18N2O/c1-16(10-14(9-15)6-7-14)12-8-17-13-5-3-2-4-11(12)13/h2-5,8H,6-7,9-10,15H2,1H3. The number of para-hydroxylation sites is 1. The minimum absolute atomic E-state index is 0.354. The Morgan fingerprint density at radius 1 is 1.35 bits per heavy atom. The van der Waals surface area contributed by atoms with E-state index in [2.05, 4.69) is 18.0 Å². The second kappa shape index (κ2) is 3.77. The maximum Gasteiger partial charge on any atom is 0.136 e. The van der Waals surface area contributed by atoms with Crippen molar-refractivity contribution in [2.24, 2.45) is 11.1 Å². The molecule has 1 aromatic carbocycles. The molecular weight excluding hydrogens is 212 g/mol. The van der Waals surface area contributed by atoms with E-state index in [9.17, 15) is 0 Å². The fourth-order valence-electron chi connectivity index (χ4n) is 2.45. The summed E-state index contributed by atoms with van der Waals surface area (Å²) in [5, 5.41) is 1.18. The number of nitrogens with zero attached hydrogens (tertiary/aromatic N) is 1. The minimum Gasteiger partial charge on any atom is -0.462 e. The van der Waals surface area contributed by atoms with Crippen LogP contribution in [0.25, 0.3) is 11.0 Å². The van der Waals surface area contributed by atoms with Crippen molar-refractivity contribution in [3.8, 4) is 0 Å². The van der Waals surface area contributed by atoms with Gasteiger partial charge in [-0.05, 0) is 31.5 Å². The van der Waals surface area contributed by atoms with Gasteiger partial charge in [0, 0.05) is 24.4 Å². The molecule has 0 aliphatic heterocycles. The van der Waals surface area contributed by atoms with Gasteiger partial charge in [0.25, 0.3) is 0 Å². The SMILES string of the molecule is CN(CC1(CN)CC1)c1coc2ccccc12. The molecule has 2 N–H and O–H groups in total. The first-order chi connectivity index (χ1) is 8.24. The molecule has 1 fully saturated rings. The molecule has 0 radical (unpaired) electrons. The Kier molecular flexibility index (Phi) is 2.37. The predicted molar refractivity (Wildman–Crippen MR) is 70.2 cm³/mol. The van der Waals surface area contributed by atoms with E-state index in [-0.39, 0.29) is 0 Å². The predicted octanol–water partition coefficient (Wildman–Crippen LogP) is 2.61. The molecule has 0 spiro atoms. The van der Waals surface area contributed by atoms with Gasteiger partial charge in [0.05, 0.1) is 5.69 Å². The first-order valence-electron chi connectivity index (χ1n) is 6.12. The van der Waals surface area contributed by atoms with Crippen LogP contribution in [-0.4, -0.2) is 20.1 Å². The molecule has 1 aliphatic rings. The third-order valence-corrected chi connectivity index (χ3v) is 3.83. The summed E-state index contributed by atoms with van der Waals surface area (Å²) in [7, 11) is 2.12. The van der Waals surface area contributed by atoms with Crippen LogP contribution in [-0.2, 0) is 0 Å². The normalized spacial score (nSPS) is 17.3. The lowest BCUT2D eigenvalue weighted by Crippen LogP contribution is -2.31. The van der Waals surface area contributed by atoms with Crippen molar-refractivity contribution in [2.45, 2.75) is 12.8 Å². The summed E-state index contributed by atoms with van der Waals surface area (Å²) in [6, 6.07) is 8.15. The van der Waals surface area contributed by atoms with Crippen molar-refractivity contribution < 1.29 is 4.42 Å². The maximum atomic E-state index is 5.83. The van der Waals surface area contributed by atoms with E-state index in [1.807, 2.05) is 24.5 Å². The number of anilines is 1. The molecule has 1 aromatic heterocycles. The highest BCUT2D eigenvalue weighted by molar-refractivity contribution is 5.90. The molecule has 3 nitrogen and oxygen atoms in total. The van der Waals surface area contributed by atoms with E-state index in [0.29, 0.717) is 5.41 Å². The number of benzene rings is 1. The Morgan fingerprint density at radius 2 is 2.12 bits per heavy atom. The second-order valence-electron chi connectivity index (χ2n) is 5.18. The van der Waals surface area contributed by atoms with Crippen molar-refractivity contribution in [1.29, 1.82) is 0 Å². The summed E-state index contributed by atoms with van der Waals surface area (Å²) in [5.41, 5.74) is 8.31. The fourth-order valence-corrected chi connectivity index (χ4v) is 2.45. The smallest absolute Gasteiger partial charge is 0.136 e. The van der Waals surface area contributed by atoms with Gasteiger partial charge >= 0.3 is 0 Å². The Labute approximate surface area is 101 Å². The second-order valence-corrected chi connectivity index (χ2v) is 5.18. The van der Waals surface area contributed by atoms with E-state index in [1.165, 1.54) is 23.9 Å². The zero-order valence-electron chi connectivity index (χ0n) is 10.1. The number of fused-ring (bicyclic) bond motifs is 1. The molecular formula is C14H18N2O. The zero-order valence-corrected chi connectivity index (χ0v) is 10.1. The summed E-state index contributed by atoms with van der Waals surface area (Å²) in [4.78, 5) is 2.27. The summed E-state index contributed by atoms with van der Waals surface area (Å²) in [5.74, 6) is 0. The zero-order chi connectivity index (χ0) is 11.9. The van der Waals surface area contributed by atoms with E-state index < -0.39 is 0 Å². The van der Waals surface area contributed by atoms with E-state index in [0.717, 1.165) is 18.7 Å². The van der Waals surface area contributed by atoms with Gasteiger partial charge in [0.15, 0.2) is 0 Å². The number of rotatable bonds is 4. The van der Waals surface area contributed by atoms with Crippen molar-refractivity contribution >= 4 is 16.7 Å². The number of hydrogen-bond donors (Lipinski definition) is 1. The lowest BCUT2D eigenvalue weighted by atomic mass is 10.1. The van der Waals surface area contributed by atoms with Crippen LogP contribution in [0.15, 0.2) is 34.9 Å². The first-order valence-corrected chi connectivity index (χ1v) is 6.12. The van der Waals surface area contributed by atoms with Gasteiger partial charge in [-0.1, -0.05) is 12.1 Å². The first kappa shape index (κ1) is 10.7. The average molecular weight is 230 g/mol. The van der Waals surface area contributed by atoms with Gasteiger partial charge in [-0.15, -0.1) is 0 Å². The monoisotopic (exact) mass is 230 g/mol. The van der Waals surface area contributed by atoms with Crippen molar-refractivity contribution in [1.82, 2.24) is 0 Å². The topological polar surface area (TPSA) is 42.4 Å². The van der Waals surface area contributed by atoms with Crippen molar-refractivity contribution in [3.63, 3.8) is 0 Å². The van der Waals surface area contributed by atoms with Crippen molar-refractivity contribution in [3.05, 3.63) is 30.5 Å². The molecule has 0 atom stereocenters. The lowest BCUT2D eigenvalue weighted by molar-refractivity contribution is 0.522. The molecule has 0 amide bonds. The van der Waals surface area contributed by atoms with Gasteiger partial charge in [0.2, 0.25) is 0 Å². The maximum absolute atomic E-state index is 5.83. The summed E-state index contributed by atoms with van der Waals surface area (Å²) >= 11 is 0. The van der Waals surface area contributed by atoms with Crippen LogP contribution in [0.1, 0.15) is 12.8 Å². The van der Waals surface area contributed by atoms with Crippen LogP contribution in [0.4, 0.5) is 5.69 Å². The molecule has 3 rings (SSSR count). The average Bonchev–Trinajstić information content (AvgIpc) is 2.99. The third-order valence-electron chi connectivity index (χ3n) is 3.83. The molecule has 17 heavy (non-hydrogen) atoms. The Morgan fingerprint density at radius 3 is 2.82 bits per heavy atom. The molecule has 3 heteroatoms. The summed E-state index contributed by atoms with van der Waals surface area (Å²) < 4.78 is 5.57. The molecule has 1 heterocycles. The fraction of sp³-hybridized carbons (Fsp3) is 0.429. The van der Waals surface area contributed by atoms with Crippen LogP contribution >= 0.6 is 0 Å². The minimum atomic E-state index is 0.354. The Balaban J connectivity index is 1.88. The largest absolute Gasteiger partial charge is 0.462 e. The van der Waals surface area contributed by atoms with E-state index >= 15 is 0 Å². The highest BCUT2D eigenvalue weighted by Gasteiger charge is 2.42. The summed E-state index contributed by atoms with van der Waals surface area (Å²) in [6.07, 6.45) is 4.35. The van der Waals surface area contributed by atoms with Gasteiger partial charge in [-0.3, -0.25) is 0 Å². The van der Waals surface area contributed by atoms with Crippen LogP contribution < -0.4 is 10.6 Å². The molecule has 0 unspecified atom stereocenters. The number of furan rings is 1. The van der Waals surface area contributed by atoms with Crippen LogP contribution in [0.5, 0.6) is 0 Å². The van der Waals surface area contributed by atoms with E-state index in [4.69, 9.17) is 10.2 Å². The van der Waals surface area contributed by atoms with Crippen LogP contribution in [0, 0.1) is 5.41 Å². The summed E-state index contributed by atoms with van der Waals surface area (Å²) in [6.45, 7) is 1.81. The van der Waals surface area contributed by atoms with Gasteiger partial charge in [-0.25, -0.2) is 0 Å².